The van der Waals surface area contributed by atoms with Crippen LogP contribution >= 0.6 is 0 Å². The fourth-order valence-corrected chi connectivity index (χ4v) is 2.33. The summed E-state index contributed by atoms with van der Waals surface area (Å²) in [5.74, 6) is 0. The van der Waals surface area contributed by atoms with E-state index in [9.17, 15) is 0 Å². The lowest BCUT2D eigenvalue weighted by Crippen LogP contribution is -2.28. The molecule has 0 fully saturated rings. The molecule has 2 N–H and O–H groups in total. The summed E-state index contributed by atoms with van der Waals surface area (Å²) < 4.78 is 5.01. The highest BCUT2D eigenvalue weighted by molar-refractivity contribution is 4.53. The van der Waals surface area contributed by atoms with Gasteiger partial charge in [0.05, 0.1) is 0 Å². The molecule has 0 bridgehead atoms. The van der Waals surface area contributed by atoms with E-state index in [2.05, 4.69) is 17.6 Å². The highest BCUT2D eigenvalue weighted by atomic mass is 16.5. The van der Waals surface area contributed by atoms with Gasteiger partial charge in [-0.1, -0.05) is 58.3 Å². The molecule has 3 heteroatoms. The van der Waals surface area contributed by atoms with Crippen molar-refractivity contribution in [3.63, 3.8) is 0 Å². The van der Waals surface area contributed by atoms with E-state index < -0.39 is 0 Å². The lowest BCUT2D eigenvalue weighted by atomic mass is 10.1. The summed E-state index contributed by atoms with van der Waals surface area (Å²) in [5.41, 5.74) is 0. The van der Waals surface area contributed by atoms with Crippen molar-refractivity contribution in [2.45, 2.75) is 71.1 Å². The minimum Gasteiger partial charge on any atom is -0.385 e. The van der Waals surface area contributed by atoms with Crippen LogP contribution in [0.4, 0.5) is 0 Å². The Bertz CT molecular complexity index is 147. The SMILES string of the molecule is CCCCCCCCCCCNCCNCCCOC. The Labute approximate surface area is 127 Å². The first-order valence-corrected chi connectivity index (χ1v) is 8.82. The molecule has 3 nitrogen and oxygen atoms in total. The van der Waals surface area contributed by atoms with E-state index in [1.165, 1.54) is 64.3 Å². The molecule has 0 saturated carbocycles. The van der Waals surface area contributed by atoms with Gasteiger partial charge in [-0.05, 0) is 25.9 Å². The van der Waals surface area contributed by atoms with Crippen molar-refractivity contribution < 1.29 is 4.74 Å². The van der Waals surface area contributed by atoms with Crippen LogP contribution < -0.4 is 10.6 Å². The Morgan fingerprint density at radius 1 is 0.600 bits per heavy atom. The summed E-state index contributed by atoms with van der Waals surface area (Å²) in [6, 6.07) is 0. The molecule has 0 heterocycles. The highest BCUT2D eigenvalue weighted by Crippen LogP contribution is 2.08. The van der Waals surface area contributed by atoms with Gasteiger partial charge in [-0.3, -0.25) is 0 Å². The van der Waals surface area contributed by atoms with Crippen molar-refractivity contribution in [1.82, 2.24) is 10.6 Å². The molecular weight excluding hydrogens is 248 g/mol. The second kappa shape index (κ2) is 18.9. The lowest BCUT2D eigenvalue weighted by molar-refractivity contribution is 0.194. The molecular formula is C17H38N2O. The molecule has 0 spiro atoms. The zero-order valence-corrected chi connectivity index (χ0v) is 14.0. The average Bonchev–Trinajstić information content (AvgIpc) is 2.47. The van der Waals surface area contributed by atoms with Gasteiger partial charge in [0.15, 0.2) is 0 Å². The van der Waals surface area contributed by atoms with Gasteiger partial charge in [-0.15, -0.1) is 0 Å². The summed E-state index contributed by atoms with van der Waals surface area (Å²) in [6.07, 6.45) is 13.8. The first-order valence-electron chi connectivity index (χ1n) is 8.82. The molecule has 0 unspecified atom stereocenters. The third kappa shape index (κ3) is 17.9. The fourth-order valence-electron chi connectivity index (χ4n) is 2.33. The molecule has 0 rings (SSSR count). The van der Waals surface area contributed by atoms with Crippen molar-refractivity contribution in [2.75, 3.05) is 39.9 Å². The lowest BCUT2D eigenvalue weighted by Gasteiger charge is -2.06. The largest absolute Gasteiger partial charge is 0.385 e. The molecule has 0 aliphatic rings. The predicted molar refractivity (Wildman–Crippen MR) is 89.5 cm³/mol. The van der Waals surface area contributed by atoms with Gasteiger partial charge in [-0.2, -0.15) is 0 Å². The van der Waals surface area contributed by atoms with E-state index in [0.717, 1.165) is 32.7 Å². The monoisotopic (exact) mass is 286 g/mol. The van der Waals surface area contributed by atoms with Gasteiger partial charge in [-0.25, -0.2) is 0 Å². The number of rotatable bonds is 17. The van der Waals surface area contributed by atoms with Gasteiger partial charge in [0.25, 0.3) is 0 Å². The van der Waals surface area contributed by atoms with E-state index in [0.29, 0.717) is 0 Å². The van der Waals surface area contributed by atoms with Crippen molar-refractivity contribution in [3.8, 4) is 0 Å². The van der Waals surface area contributed by atoms with Crippen LogP contribution in [0.2, 0.25) is 0 Å². The molecule has 122 valence electrons. The van der Waals surface area contributed by atoms with Crippen LogP contribution in [0, 0.1) is 0 Å². The van der Waals surface area contributed by atoms with E-state index >= 15 is 0 Å². The van der Waals surface area contributed by atoms with Crippen LogP contribution in [-0.4, -0.2) is 39.9 Å². The van der Waals surface area contributed by atoms with Crippen LogP contribution in [0.15, 0.2) is 0 Å². The number of hydrogen-bond donors (Lipinski definition) is 2. The molecule has 0 aromatic heterocycles. The van der Waals surface area contributed by atoms with Gasteiger partial charge < -0.3 is 15.4 Å². The van der Waals surface area contributed by atoms with Gasteiger partial charge >= 0.3 is 0 Å². The van der Waals surface area contributed by atoms with Gasteiger partial charge in [0.1, 0.15) is 0 Å². The average molecular weight is 287 g/mol. The van der Waals surface area contributed by atoms with Crippen molar-refractivity contribution in [3.05, 3.63) is 0 Å². The molecule has 0 aromatic rings. The number of nitrogens with one attached hydrogen (secondary N) is 2. The van der Waals surface area contributed by atoms with E-state index in [-0.39, 0.29) is 0 Å². The number of hydrogen-bond acceptors (Lipinski definition) is 3. The summed E-state index contributed by atoms with van der Waals surface area (Å²) >= 11 is 0. The van der Waals surface area contributed by atoms with Crippen LogP contribution in [-0.2, 0) is 4.74 Å². The number of methoxy groups -OCH3 is 1. The molecule has 0 aliphatic carbocycles. The maximum Gasteiger partial charge on any atom is 0.0474 e. The third-order valence-electron chi connectivity index (χ3n) is 3.64. The van der Waals surface area contributed by atoms with E-state index in [1.807, 2.05) is 0 Å². The van der Waals surface area contributed by atoms with Crippen LogP contribution in [0.25, 0.3) is 0 Å². The predicted octanol–water partition coefficient (Wildman–Crippen LogP) is 3.73. The minimum atomic E-state index is 0.860. The van der Waals surface area contributed by atoms with E-state index in [4.69, 9.17) is 4.74 Å². The molecule has 0 aliphatic heterocycles. The summed E-state index contributed by atoms with van der Waals surface area (Å²) in [5, 5.41) is 6.91. The Balaban J connectivity index is 2.89. The van der Waals surface area contributed by atoms with Crippen molar-refractivity contribution >= 4 is 0 Å². The first kappa shape index (κ1) is 19.9. The normalized spacial score (nSPS) is 11.1. The van der Waals surface area contributed by atoms with Crippen LogP contribution in [0.5, 0.6) is 0 Å². The Morgan fingerprint density at radius 2 is 1.10 bits per heavy atom. The Morgan fingerprint density at radius 3 is 1.65 bits per heavy atom. The molecule has 0 aromatic carbocycles. The van der Waals surface area contributed by atoms with Crippen LogP contribution in [0.1, 0.15) is 71.1 Å². The summed E-state index contributed by atoms with van der Waals surface area (Å²) in [6.45, 7) is 7.54. The van der Waals surface area contributed by atoms with Crippen LogP contribution in [0.3, 0.4) is 0 Å². The zero-order chi connectivity index (χ0) is 14.7. The standard InChI is InChI=1S/C17H38N2O/c1-3-4-5-6-7-8-9-10-11-13-18-15-16-19-14-12-17-20-2/h18-19H,3-17H2,1-2H3. The molecule has 0 radical (unpaired) electrons. The van der Waals surface area contributed by atoms with Gasteiger partial charge in [0, 0.05) is 26.8 Å². The Kier molecular flexibility index (Phi) is 18.8. The molecule has 20 heavy (non-hydrogen) atoms. The quantitative estimate of drug-likeness (QED) is 0.400. The number of ether oxygens (including phenoxy) is 1. The minimum absolute atomic E-state index is 0.860. The second-order valence-electron chi connectivity index (χ2n) is 5.67. The second-order valence-corrected chi connectivity index (χ2v) is 5.67. The maximum absolute atomic E-state index is 5.01. The third-order valence-corrected chi connectivity index (χ3v) is 3.64. The smallest absolute Gasteiger partial charge is 0.0474 e. The first-order chi connectivity index (χ1) is 9.91. The topological polar surface area (TPSA) is 33.3 Å². The summed E-state index contributed by atoms with van der Waals surface area (Å²) in [4.78, 5) is 0. The number of unbranched alkanes of at least 4 members (excludes halogenated alkanes) is 8. The summed E-state index contributed by atoms with van der Waals surface area (Å²) in [7, 11) is 1.76. The maximum atomic E-state index is 5.01. The van der Waals surface area contributed by atoms with Crippen molar-refractivity contribution in [2.24, 2.45) is 0 Å². The molecule has 0 saturated heterocycles. The Hall–Kier alpha value is -0.120. The van der Waals surface area contributed by atoms with Gasteiger partial charge in [0.2, 0.25) is 0 Å². The highest BCUT2D eigenvalue weighted by Gasteiger charge is 1.92. The molecule has 0 atom stereocenters. The van der Waals surface area contributed by atoms with E-state index in [1.54, 1.807) is 7.11 Å². The van der Waals surface area contributed by atoms with Crippen molar-refractivity contribution in [1.29, 1.82) is 0 Å². The zero-order valence-electron chi connectivity index (χ0n) is 14.0. The molecule has 0 amide bonds. The fraction of sp³-hybridized carbons (Fsp3) is 1.00.